The smallest absolute Gasteiger partial charge is 0.122 e. The van der Waals surface area contributed by atoms with E-state index in [2.05, 4.69) is 34.5 Å². The monoisotopic (exact) mass is 258 g/mol. The summed E-state index contributed by atoms with van der Waals surface area (Å²) in [5.41, 5.74) is 1.41. The molecule has 1 aromatic carbocycles. The maximum absolute atomic E-state index is 5.80. The Balaban J connectivity index is 1.43. The van der Waals surface area contributed by atoms with Crippen LogP contribution in [0, 0.1) is 5.92 Å². The van der Waals surface area contributed by atoms with Crippen molar-refractivity contribution in [2.24, 2.45) is 5.92 Å². The Morgan fingerprint density at radius 3 is 3.16 bits per heavy atom. The van der Waals surface area contributed by atoms with Crippen molar-refractivity contribution in [1.82, 2.24) is 10.2 Å². The minimum absolute atomic E-state index is 0.566. The van der Waals surface area contributed by atoms with Crippen LogP contribution < -0.4 is 10.1 Å². The zero-order valence-electron chi connectivity index (χ0n) is 11.3. The lowest BCUT2D eigenvalue weighted by molar-refractivity contribution is 0.260. The zero-order valence-corrected chi connectivity index (χ0v) is 11.3. The fourth-order valence-electron chi connectivity index (χ4n) is 3.98. The number of piperidine rings is 1. The van der Waals surface area contributed by atoms with Gasteiger partial charge in [-0.05, 0) is 31.4 Å². The van der Waals surface area contributed by atoms with Crippen molar-refractivity contribution in [2.45, 2.75) is 24.8 Å². The molecule has 4 rings (SSSR count). The Morgan fingerprint density at radius 1 is 1.26 bits per heavy atom. The molecule has 0 spiro atoms. The Bertz CT molecular complexity index is 448. The van der Waals surface area contributed by atoms with Gasteiger partial charge in [-0.2, -0.15) is 0 Å². The van der Waals surface area contributed by atoms with E-state index in [1.54, 1.807) is 0 Å². The van der Waals surface area contributed by atoms with E-state index in [0.29, 0.717) is 5.92 Å². The number of hydrogen-bond donors (Lipinski definition) is 1. The first-order valence-electron chi connectivity index (χ1n) is 7.57. The molecule has 3 atom stereocenters. The summed E-state index contributed by atoms with van der Waals surface area (Å²) in [5, 5.41) is 3.68. The fourth-order valence-corrected chi connectivity index (χ4v) is 3.98. The van der Waals surface area contributed by atoms with Gasteiger partial charge in [-0.25, -0.2) is 0 Å². The van der Waals surface area contributed by atoms with Gasteiger partial charge < -0.3 is 15.0 Å². The summed E-state index contributed by atoms with van der Waals surface area (Å²) in [6.45, 7) is 5.73. The van der Waals surface area contributed by atoms with Crippen LogP contribution in [0.25, 0.3) is 0 Å². The van der Waals surface area contributed by atoms with Gasteiger partial charge in [-0.15, -0.1) is 0 Å². The number of fused-ring (bicyclic) bond motifs is 2. The van der Waals surface area contributed by atoms with Crippen LogP contribution in [-0.4, -0.2) is 43.7 Å². The van der Waals surface area contributed by atoms with E-state index in [1.165, 1.54) is 38.0 Å². The van der Waals surface area contributed by atoms with E-state index in [9.17, 15) is 0 Å². The van der Waals surface area contributed by atoms with Gasteiger partial charge in [0.05, 0.1) is 6.61 Å². The molecule has 3 heterocycles. The second-order valence-corrected chi connectivity index (χ2v) is 6.23. The van der Waals surface area contributed by atoms with Gasteiger partial charge in [0, 0.05) is 37.2 Å². The highest BCUT2D eigenvalue weighted by atomic mass is 16.5. The Morgan fingerprint density at radius 2 is 2.21 bits per heavy atom. The molecule has 0 saturated carbocycles. The standard InChI is InChI=1S/C16H22N2O/c1-2-6-16-14(5-1)13(11-19-16)9-18-8-12-4-3-7-17-15(12)10-18/h1-2,5-6,12-13,15,17H,3-4,7-11H2. The van der Waals surface area contributed by atoms with E-state index in [4.69, 9.17) is 4.74 Å². The number of hydrogen-bond acceptors (Lipinski definition) is 3. The van der Waals surface area contributed by atoms with Crippen molar-refractivity contribution in [2.75, 3.05) is 32.8 Å². The second kappa shape index (κ2) is 4.80. The highest BCUT2D eigenvalue weighted by molar-refractivity contribution is 5.39. The number of para-hydroxylation sites is 1. The van der Waals surface area contributed by atoms with Crippen LogP contribution in [-0.2, 0) is 0 Å². The van der Waals surface area contributed by atoms with Crippen LogP contribution in [0.4, 0.5) is 0 Å². The lowest BCUT2D eigenvalue weighted by Gasteiger charge is -2.24. The van der Waals surface area contributed by atoms with Crippen LogP contribution in [0.3, 0.4) is 0 Å². The van der Waals surface area contributed by atoms with Gasteiger partial charge in [-0.1, -0.05) is 18.2 Å². The molecule has 3 unspecified atom stereocenters. The fraction of sp³-hybridized carbons (Fsp3) is 0.625. The van der Waals surface area contributed by atoms with E-state index in [1.807, 2.05) is 0 Å². The molecule has 2 fully saturated rings. The van der Waals surface area contributed by atoms with E-state index in [0.717, 1.165) is 30.9 Å². The quantitative estimate of drug-likeness (QED) is 0.876. The normalized spacial score (nSPS) is 33.8. The summed E-state index contributed by atoms with van der Waals surface area (Å²) >= 11 is 0. The number of ether oxygens (including phenoxy) is 1. The average Bonchev–Trinajstić information content (AvgIpc) is 3.03. The maximum atomic E-state index is 5.80. The molecule has 1 N–H and O–H groups in total. The van der Waals surface area contributed by atoms with Gasteiger partial charge in [0.15, 0.2) is 0 Å². The van der Waals surface area contributed by atoms with Crippen molar-refractivity contribution in [3.05, 3.63) is 29.8 Å². The zero-order chi connectivity index (χ0) is 12.7. The van der Waals surface area contributed by atoms with Crippen LogP contribution in [0.5, 0.6) is 5.75 Å². The summed E-state index contributed by atoms with van der Waals surface area (Å²) in [6.07, 6.45) is 2.76. The first-order chi connectivity index (χ1) is 9.40. The maximum Gasteiger partial charge on any atom is 0.122 e. The Labute approximate surface area is 114 Å². The van der Waals surface area contributed by atoms with Crippen LogP contribution >= 0.6 is 0 Å². The predicted molar refractivity (Wildman–Crippen MR) is 75.6 cm³/mol. The molecule has 3 aliphatic rings. The minimum Gasteiger partial charge on any atom is -0.493 e. The molecular formula is C16H22N2O. The van der Waals surface area contributed by atoms with Gasteiger partial charge in [0.2, 0.25) is 0 Å². The van der Waals surface area contributed by atoms with E-state index in [-0.39, 0.29) is 0 Å². The predicted octanol–water partition coefficient (Wildman–Crippen LogP) is 1.85. The molecule has 3 heteroatoms. The van der Waals surface area contributed by atoms with Gasteiger partial charge in [-0.3, -0.25) is 0 Å². The van der Waals surface area contributed by atoms with Crippen LogP contribution in [0.15, 0.2) is 24.3 Å². The Hall–Kier alpha value is -1.06. The number of likely N-dealkylation sites (tertiary alicyclic amines) is 1. The highest BCUT2D eigenvalue weighted by Gasteiger charge is 2.36. The molecule has 0 radical (unpaired) electrons. The second-order valence-electron chi connectivity index (χ2n) is 6.23. The molecule has 0 aromatic heterocycles. The van der Waals surface area contributed by atoms with Crippen molar-refractivity contribution in [3.8, 4) is 5.75 Å². The third-order valence-electron chi connectivity index (χ3n) is 4.95. The van der Waals surface area contributed by atoms with E-state index < -0.39 is 0 Å². The third-order valence-corrected chi connectivity index (χ3v) is 4.95. The van der Waals surface area contributed by atoms with Gasteiger partial charge in [0.1, 0.15) is 5.75 Å². The van der Waals surface area contributed by atoms with Gasteiger partial charge >= 0.3 is 0 Å². The third kappa shape index (κ3) is 2.15. The van der Waals surface area contributed by atoms with Crippen LogP contribution in [0.1, 0.15) is 24.3 Å². The van der Waals surface area contributed by atoms with Crippen molar-refractivity contribution >= 4 is 0 Å². The first kappa shape index (κ1) is 11.7. The van der Waals surface area contributed by atoms with Crippen molar-refractivity contribution < 1.29 is 4.74 Å². The molecule has 0 amide bonds. The molecular weight excluding hydrogens is 236 g/mol. The average molecular weight is 258 g/mol. The number of nitrogens with zero attached hydrogens (tertiary/aromatic N) is 1. The Kier molecular flexibility index (Phi) is 2.97. The molecule has 0 aliphatic carbocycles. The first-order valence-corrected chi connectivity index (χ1v) is 7.57. The number of rotatable bonds is 2. The minimum atomic E-state index is 0.566. The lowest BCUT2D eigenvalue weighted by Crippen LogP contribution is -2.40. The molecule has 1 aromatic rings. The highest BCUT2D eigenvalue weighted by Crippen LogP contribution is 2.35. The van der Waals surface area contributed by atoms with Crippen molar-refractivity contribution in [1.29, 1.82) is 0 Å². The summed E-state index contributed by atoms with van der Waals surface area (Å²) in [6, 6.07) is 9.27. The molecule has 2 saturated heterocycles. The molecule has 3 nitrogen and oxygen atoms in total. The number of benzene rings is 1. The molecule has 19 heavy (non-hydrogen) atoms. The SMILES string of the molecule is c1ccc2c(c1)OCC2CN1CC2CCCNC2C1. The van der Waals surface area contributed by atoms with Crippen LogP contribution in [0.2, 0.25) is 0 Å². The molecule has 102 valence electrons. The summed E-state index contributed by atoms with van der Waals surface area (Å²) in [5.74, 6) is 2.55. The van der Waals surface area contributed by atoms with Gasteiger partial charge in [0.25, 0.3) is 0 Å². The van der Waals surface area contributed by atoms with Crippen molar-refractivity contribution in [3.63, 3.8) is 0 Å². The number of nitrogens with one attached hydrogen (secondary N) is 1. The summed E-state index contributed by atoms with van der Waals surface area (Å²) in [4.78, 5) is 2.64. The largest absolute Gasteiger partial charge is 0.493 e. The molecule has 3 aliphatic heterocycles. The topological polar surface area (TPSA) is 24.5 Å². The summed E-state index contributed by atoms with van der Waals surface area (Å²) in [7, 11) is 0. The lowest BCUT2D eigenvalue weighted by atomic mass is 9.94. The molecule has 0 bridgehead atoms. The summed E-state index contributed by atoms with van der Waals surface area (Å²) < 4.78 is 5.80. The van der Waals surface area contributed by atoms with E-state index >= 15 is 0 Å².